The highest BCUT2D eigenvalue weighted by Crippen LogP contribution is 2.50. The fourth-order valence-corrected chi connectivity index (χ4v) is 2.34. The Bertz CT molecular complexity index is 643. The van der Waals surface area contributed by atoms with Crippen LogP contribution in [0.5, 0.6) is 0 Å². The Morgan fingerprint density at radius 1 is 1.24 bits per heavy atom. The number of carbonyl (C=O) groups is 3. The smallest absolute Gasteiger partial charge is 0.450 e. The minimum Gasteiger partial charge on any atom is -0.466 e. The Morgan fingerprint density at radius 2 is 1.72 bits per heavy atom. The number of carbonyl (C=O) groups excluding carboxylic acids is 3. The van der Waals surface area contributed by atoms with Gasteiger partial charge in [-0.05, 0) is 6.92 Å². The van der Waals surface area contributed by atoms with Gasteiger partial charge in [0.15, 0.2) is 0 Å². The number of hydrazine groups is 1. The second-order valence-corrected chi connectivity index (χ2v) is 4.82. The molecule has 1 aliphatic heterocycles. The van der Waals surface area contributed by atoms with Gasteiger partial charge in [-0.2, -0.15) is 26.3 Å². The van der Waals surface area contributed by atoms with Crippen molar-refractivity contribution in [3.63, 3.8) is 0 Å². The number of nitrogens with zero attached hydrogens (tertiary/aromatic N) is 1. The first kappa shape index (κ1) is 20.5. The summed E-state index contributed by atoms with van der Waals surface area (Å²) < 4.78 is 82.5. The van der Waals surface area contributed by atoms with Crippen molar-refractivity contribution in [3.8, 4) is 0 Å². The third-order valence-corrected chi connectivity index (χ3v) is 3.34. The molecule has 8 nitrogen and oxygen atoms in total. The number of esters is 1. The normalized spacial score (nSPS) is 24.4. The number of hydrogen-bond donors (Lipinski definition) is 3. The summed E-state index contributed by atoms with van der Waals surface area (Å²) in [7, 11) is 0.633. The van der Waals surface area contributed by atoms with Crippen LogP contribution in [0.3, 0.4) is 0 Å². The van der Waals surface area contributed by atoms with Crippen LogP contribution in [0.2, 0.25) is 0 Å². The summed E-state index contributed by atoms with van der Waals surface area (Å²) in [4.78, 5) is 34.1. The number of alkyl halides is 6. The number of ether oxygens (including phenoxy) is 1. The molecule has 2 atom stereocenters. The van der Waals surface area contributed by atoms with E-state index in [1.54, 1.807) is 0 Å². The van der Waals surface area contributed by atoms with E-state index in [9.17, 15) is 45.8 Å². The number of rotatable bonds is 3. The molecule has 2 amide bonds. The fraction of sp³-hybridized carbons (Fsp3) is 0.545. The van der Waals surface area contributed by atoms with Crippen LogP contribution in [-0.2, 0) is 14.3 Å². The highest BCUT2D eigenvalue weighted by molar-refractivity contribution is 6.02. The second kappa shape index (κ2) is 6.09. The highest BCUT2D eigenvalue weighted by atomic mass is 19.4. The van der Waals surface area contributed by atoms with Gasteiger partial charge < -0.3 is 15.6 Å². The third-order valence-electron chi connectivity index (χ3n) is 3.34. The van der Waals surface area contributed by atoms with Crippen LogP contribution in [0.15, 0.2) is 11.3 Å². The Morgan fingerprint density at radius 3 is 2.04 bits per heavy atom. The van der Waals surface area contributed by atoms with Crippen molar-refractivity contribution in [2.24, 2.45) is 11.7 Å². The van der Waals surface area contributed by atoms with Gasteiger partial charge in [0, 0.05) is 5.70 Å². The topological polar surface area (TPSA) is 122 Å². The molecule has 1 aliphatic rings. The zero-order valence-corrected chi connectivity index (χ0v) is 12.4. The minimum atomic E-state index is -5.92. The van der Waals surface area contributed by atoms with Crippen LogP contribution in [0.1, 0.15) is 6.92 Å². The predicted molar refractivity (Wildman–Crippen MR) is 64.8 cm³/mol. The molecule has 0 saturated heterocycles. The highest BCUT2D eigenvalue weighted by Gasteiger charge is 2.73. The number of nitrogens with one attached hydrogen (secondary N) is 1. The molecule has 0 aliphatic carbocycles. The molecule has 0 aromatic carbocycles. The number of primary amides is 1. The zero-order chi connectivity index (χ0) is 20.0. The van der Waals surface area contributed by atoms with Crippen LogP contribution in [0.25, 0.3) is 0 Å². The van der Waals surface area contributed by atoms with Gasteiger partial charge >= 0.3 is 24.4 Å². The molecule has 0 spiro atoms. The maximum atomic E-state index is 13.4. The lowest BCUT2D eigenvalue weighted by Gasteiger charge is -2.39. The van der Waals surface area contributed by atoms with E-state index in [1.165, 1.54) is 5.43 Å². The standard InChI is InChI=1S/C11H11F6N3O5/c1-3-4(7(22)25-2)5(6(21)10(12,13)14)9(24,11(15,16)17)20(3)19-8(18)23/h5,24H,1-2H3,(H3,18,19,23). The first-order chi connectivity index (χ1) is 11.1. The number of aliphatic hydroxyl groups is 1. The third kappa shape index (κ3) is 3.20. The van der Waals surface area contributed by atoms with Crippen molar-refractivity contribution in [1.82, 2.24) is 10.4 Å². The van der Waals surface area contributed by atoms with E-state index in [-0.39, 0.29) is 0 Å². The molecule has 0 fully saturated rings. The number of urea groups is 1. The van der Waals surface area contributed by atoms with Crippen molar-refractivity contribution < 1.29 is 50.6 Å². The van der Waals surface area contributed by atoms with Crippen molar-refractivity contribution in [2.75, 3.05) is 7.11 Å². The lowest BCUT2D eigenvalue weighted by atomic mass is 9.86. The largest absolute Gasteiger partial charge is 0.466 e. The Kier molecular flexibility index (Phi) is 5.00. The maximum absolute atomic E-state index is 13.4. The predicted octanol–water partition coefficient (Wildman–Crippen LogP) is 0.331. The molecule has 0 saturated carbocycles. The van der Waals surface area contributed by atoms with Gasteiger partial charge in [0.25, 0.3) is 5.72 Å². The van der Waals surface area contributed by atoms with Gasteiger partial charge in [-0.25, -0.2) is 20.0 Å². The summed E-state index contributed by atoms with van der Waals surface area (Å²) in [5, 5.41) is 9.46. The molecule has 14 heteroatoms. The van der Waals surface area contributed by atoms with E-state index in [0.717, 1.165) is 0 Å². The van der Waals surface area contributed by atoms with E-state index >= 15 is 0 Å². The summed E-state index contributed by atoms with van der Waals surface area (Å²) >= 11 is 0. The van der Waals surface area contributed by atoms with Gasteiger partial charge in [-0.3, -0.25) is 4.79 Å². The number of ketones is 1. The van der Waals surface area contributed by atoms with Crippen molar-refractivity contribution in [2.45, 2.75) is 25.0 Å². The summed E-state index contributed by atoms with van der Waals surface area (Å²) in [5.41, 5.74) is -1.17. The number of amides is 2. The number of hydrogen-bond acceptors (Lipinski definition) is 6. The molecule has 0 aromatic heterocycles. The van der Waals surface area contributed by atoms with E-state index < -0.39 is 58.1 Å². The first-order valence-electron chi connectivity index (χ1n) is 6.16. The SMILES string of the molecule is COC(=O)C1=C(C)N(NC(N)=O)C(O)(C(F)(F)F)C1C(=O)C(F)(F)F. The lowest BCUT2D eigenvalue weighted by molar-refractivity contribution is -0.323. The van der Waals surface area contributed by atoms with E-state index in [2.05, 4.69) is 10.5 Å². The van der Waals surface area contributed by atoms with Gasteiger partial charge in [-0.15, -0.1) is 0 Å². The zero-order valence-electron chi connectivity index (χ0n) is 12.4. The van der Waals surface area contributed by atoms with Crippen LogP contribution in [0.4, 0.5) is 31.1 Å². The van der Waals surface area contributed by atoms with Gasteiger partial charge in [0.2, 0.25) is 5.78 Å². The molecule has 1 heterocycles. The number of halogens is 6. The van der Waals surface area contributed by atoms with Crippen molar-refractivity contribution >= 4 is 17.8 Å². The quantitative estimate of drug-likeness (QED) is 0.480. The van der Waals surface area contributed by atoms with Gasteiger partial charge in [0.1, 0.15) is 5.92 Å². The Hall–Kier alpha value is -2.51. The van der Waals surface area contributed by atoms with Crippen molar-refractivity contribution in [3.05, 3.63) is 11.3 Å². The molecule has 0 radical (unpaired) electrons. The molecule has 142 valence electrons. The van der Waals surface area contributed by atoms with Gasteiger partial charge in [0.05, 0.1) is 12.7 Å². The Balaban J connectivity index is 3.77. The number of methoxy groups -OCH3 is 1. The van der Waals surface area contributed by atoms with E-state index in [1.807, 2.05) is 0 Å². The number of nitrogens with two attached hydrogens (primary N) is 1. The summed E-state index contributed by atoms with van der Waals surface area (Å²) in [6.45, 7) is 0.655. The molecule has 1 rings (SSSR count). The summed E-state index contributed by atoms with van der Waals surface area (Å²) in [6.07, 6.45) is -11.8. The molecule has 0 bridgehead atoms. The lowest BCUT2D eigenvalue weighted by Crippen LogP contribution is -2.67. The average molecular weight is 379 g/mol. The second-order valence-electron chi connectivity index (χ2n) is 4.82. The minimum absolute atomic E-state index is 0.518. The summed E-state index contributed by atoms with van der Waals surface area (Å²) in [5.74, 6) is -8.27. The fourth-order valence-electron chi connectivity index (χ4n) is 2.34. The van der Waals surface area contributed by atoms with Crippen LogP contribution in [-0.4, -0.2) is 53.1 Å². The van der Waals surface area contributed by atoms with Crippen LogP contribution < -0.4 is 11.2 Å². The molecular formula is C11H11F6N3O5. The van der Waals surface area contributed by atoms with Crippen LogP contribution >= 0.6 is 0 Å². The van der Waals surface area contributed by atoms with Crippen molar-refractivity contribution in [1.29, 1.82) is 0 Å². The molecule has 25 heavy (non-hydrogen) atoms. The molecule has 2 unspecified atom stereocenters. The average Bonchev–Trinajstić information content (AvgIpc) is 2.66. The van der Waals surface area contributed by atoms with E-state index in [0.29, 0.717) is 14.0 Å². The number of allylic oxidation sites excluding steroid dienone is 1. The van der Waals surface area contributed by atoms with Crippen LogP contribution in [0, 0.1) is 5.92 Å². The molecule has 0 aromatic rings. The maximum Gasteiger partial charge on any atom is 0.450 e. The summed E-state index contributed by atoms with van der Waals surface area (Å²) in [6, 6.07) is -1.70. The van der Waals surface area contributed by atoms with Gasteiger partial charge in [-0.1, -0.05) is 0 Å². The monoisotopic (exact) mass is 379 g/mol. The Labute approximate surface area is 135 Å². The first-order valence-corrected chi connectivity index (χ1v) is 6.16. The molecular weight excluding hydrogens is 368 g/mol. The number of Topliss-reactive ketones (excluding diaryl/α,β-unsaturated/α-hetero) is 1. The van der Waals surface area contributed by atoms with E-state index in [4.69, 9.17) is 0 Å². The molecule has 4 N–H and O–H groups in total.